The molecule has 0 aliphatic heterocycles. The molecule has 5 N–H and O–H groups in total. The molecule has 0 radical (unpaired) electrons. The number of nitrogen functional groups attached to an aromatic ring is 1. The van der Waals surface area contributed by atoms with Gasteiger partial charge in [0.2, 0.25) is 0 Å². The summed E-state index contributed by atoms with van der Waals surface area (Å²) in [4.78, 5) is 4.22. The van der Waals surface area contributed by atoms with Gasteiger partial charge in [-0.1, -0.05) is 25.4 Å². The van der Waals surface area contributed by atoms with Crippen molar-refractivity contribution in [3.8, 4) is 16.9 Å². The van der Waals surface area contributed by atoms with Crippen LogP contribution in [0.1, 0.15) is 26.3 Å². The zero-order valence-electron chi connectivity index (χ0n) is 13.3. The summed E-state index contributed by atoms with van der Waals surface area (Å²) in [5.74, 6) is 0.600. The van der Waals surface area contributed by atoms with E-state index in [0.717, 1.165) is 16.7 Å². The van der Waals surface area contributed by atoms with Crippen LogP contribution in [0.4, 0.5) is 11.4 Å². The third-order valence-corrected chi connectivity index (χ3v) is 3.21. The number of halogens is 1. The van der Waals surface area contributed by atoms with Crippen LogP contribution < -0.4 is 11.5 Å². The highest BCUT2D eigenvalue weighted by atomic mass is 35.5. The average molecular weight is 320 g/mol. The van der Waals surface area contributed by atoms with Crippen LogP contribution in [-0.2, 0) is 0 Å². The van der Waals surface area contributed by atoms with E-state index in [1.165, 1.54) is 0 Å². The third kappa shape index (κ3) is 4.15. The minimum absolute atomic E-state index is 0.153. The minimum Gasteiger partial charge on any atom is -0.508 e. The third-order valence-electron chi connectivity index (χ3n) is 2.88. The van der Waals surface area contributed by atoms with Crippen molar-refractivity contribution in [2.24, 2.45) is 10.7 Å². The average Bonchev–Trinajstić information content (AvgIpc) is 2.47. The number of nitrogens with zero attached hydrogens (tertiary/aromatic N) is 1. The highest BCUT2D eigenvalue weighted by molar-refractivity contribution is 6.33. The molecule has 2 aromatic carbocycles. The molecule has 0 spiro atoms. The lowest BCUT2D eigenvalue weighted by atomic mass is 10.0. The van der Waals surface area contributed by atoms with E-state index in [0.29, 0.717) is 22.2 Å². The fourth-order valence-corrected chi connectivity index (χ4v) is 2.25. The Bertz CT molecular complexity index is 669. The van der Waals surface area contributed by atoms with Crippen molar-refractivity contribution in [3.05, 3.63) is 40.9 Å². The smallest absolute Gasteiger partial charge is 0.116 e. The van der Waals surface area contributed by atoms with E-state index in [-0.39, 0.29) is 5.75 Å². The maximum Gasteiger partial charge on any atom is 0.116 e. The number of rotatable bonds is 2. The summed E-state index contributed by atoms with van der Waals surface area (Å²) in [7, 11) is 0. The van der Waals surface area contributed by atoms with Gasteiger partial charge in [-0.2, -0.15) is 0 Å². The normalized spacial score (nSPS) is 10.9. The summed E-state index contributed by atoms with van der Waals surface area (Å²) in [5, 5.41) is 10.1. The molecular formula is C17H22ClN3O. The molecule has 0 aliphatic carbocycles. The Kier molecular flexibility index (Phi) is 6.25. The number of hydrogen-bond donors (Lipinski definition) is 3. The van der Waals surface area contributed by atoms with Crippen molar-refractivity contribution in [2.75, 3.05) is 5.73 Å². The van der Waals surface area contributed by atoms with E-state index in [9.17, 15) is 5.11 Å². The van der Waals surface area contributed by atoms with E-state index in [1.54, 1.807) is 31.2 Å². The molecular weight excluding hydrogens is 298 g/mol. The van der Waals surface area contributed by atoms with E-state index < -0.39 is 0 Å². The monoisotopic (exact) mass is 319 g/mol. The van der Waals surface area contributed by atoms with Crippen LogP contribution in [0.15, 0.2) is 35.3 Å². The number of aliphatic imine (C=N–C) groups is 1. The fraction of sp³-hybridized carbons (Fsp3) is 0.235. The molecule has 0 saturated carbocycles. The molecule has 4 nitrogen and oxygen atoms in total. The predicted molar refractivity (Wildman–Crippen MR) is 96.0 cm³/mol. The Hall–Kier alpha value is -2.20. The molecule has 0 heterocycles. The van der Waals surface area contributed by atoms with Gasteiger partial charge in [-0.25, -0.2) is 4.99 Å². The topological polar surface area (TPSA) is 84.6 Å². The molecule has 0 unspecified atom stereocenters. The largest absolute Gasteiger partial charge is 0.508 e. The summed E-state index contributed by atoms with van der Waals surface area (Å²) in [6.45, 7) is 7.61. The van der Waals surface area contributed by atoms with Gasteiger partial charge in [-0.15, -0.1) is 0 Å². The number of phenolic OH excluding ortho intramolecular Hbond substituents is 1. The van der Waals surface area contributed by atoms with Gasteiger partial charge < -0.3 is 16.6 Å². The van der Waals surface area contributed by atoms with E-state index in [2.05, 4.69) is 4.99 Å². The van der Waals surface area contributed by atoms with Gasteiger partial charge in [-0.3, -0.25) is 0 Å². The van der Waals surface area contributed by atoms with Gasteiger partial charge in [0, 0.05) is 10.6 Å². The lowest BCUT2D eigenvalue weighted by Gasteiger charge is -2.11. The second-order valence-electron chi connectivity index (χ2n) is 4.65. The SMILES string of the molecule is CC.CC(N)=Nc1c(C)cc(-c2cc(O)ccc2Cl)cc1N. The van der Waals surface area contributed by atoms with Crippen molar-refractivity contribution in [1.82, 2.24) is 0 Å². The number of anilines is 1. The molecule has 0 saturated heterocycles. The second kappa shape index (κ2) is 7.71. The summed E-state index contributed by atoms with van der Waals surface area (Å²) >= 11 is 6.16. The minimum atomic E-state index is 0.153. The molecule has 5 heteroatoms. The van der Waals surface area contributed by atoms with Crippen LogP contribution in [-0.4, -0.2) is 10.9 Å². The Labute approximate surface area is 136 Å². The van der Waals surface area contributed by atoms with Gasteiger partial charge in [0.15, 0.2) is 0 Å². The Morgan fingerprint density at radius 3 is 2.36 bits per heavy atom. The van der Waals surface area contributed by atoms with E-state index >= 15 is 0 Å². The van der Waals surface area contributed by atoms with Crippen LogP contribution in [0.3, 0.4) is 0 Å². The summed E-state index contributed by atoms with van der Waals surface area (Å²) in [6.07, 6.45) is 0. The van der Waals surface area contributed by atoms with E-state index in [1.807, 2.05) is 26.8 Å². The van der Waals surface area contributed by atoms with Crippen LogP contribution in [0.2, 0.25) is 5.02 Å². The summed E-state index contributed by atoms with van der Waals surface area (Å²) in [6, 6.07) is 8.48. The van der Waals surface area contributed by atoms with Crippen molar-refractivity contribution < 1.29 is 5.11 Å². The van der Waals surface area contributed by atoms with Gasteiger partial charge in [0.1, 0.15) is 5.75 Å². The maximum atomic E-state index is 9.58. The lowest BCUT2D eigenvalue weighted by molar-refractivity contribution is 0.475. The Balaban J connectivity index is 0.00000116. The first-order chi connectivity index (χ1) is 10.4. The number of amidine groups is 1. The lowest BCUT2D eigenvalue weighted by Crippen LogP contribution is -2.05. The standard InChI is InChI=1S/C15H16ClN3O.C2H6/c1-8-5-10(6-14(18)15(8)19-9(2)17)12-7-11(20)3-4-13(12)16;1-2/h3-7,20H,18H2,1-2H3,(H2,17,19);1-2H3. The first-order valence-electron chi connectivity index (χ1n) is 7.08. The molecule has 0 bridgehead atoms. The van der Waals surface area contributed by atoms with Gasteiger partial charge in [0.25, 0.3) is 0 Å². The first kappa shape index (κ1) is 17.9. The zero-order valence-corrected chi connectivity index (χ0v) is 14.1. The first-order valence-corrected chi connectivity index (χ1v) is 7.46. The number of benzene rings is 2. The number of hydrogen-bond acceptors (Lipinski definition) is 3. The maximum absolute atomic E-state index is 9.58. The fourth-order valence-electron chi connectivity index (χ4n) is 2.03. The molecule has 22 heavy (non-hydrogen) atoms. The van der Waals surface area contributed by atoms with Crippen LogP contribution >= 0.6 is 11.6 Å². The second-order valence-corrected chi connectivity index (χ2v) is 5.06. The molecule has 2 aromatic rings. The molecule has 0 aromatic heterocycles. The number of aromatic hydroxyl groups is 1. The number of nitrogens with two attached hydrogens (primary N) is 2. The molecule has 0 amide bonds. The molecule has 2 rings (SSSR count). The molecule has 0 fully saturated rings. The Morgan fingerprint density at radius 2 is 1.82 bits per heavy atom. The van der Waals surface area contributed by atoms with Crippen LogP contribution in [0, 0.1) is 6.92 Å². The quantitative estimate of drug-likeness (QED) is 0.428. The van der Waals surface area contributed by atoms with E-state index in [4.69, 9.17) is 23.1 Å². The molecule has 0 aliphatic rings. The Morgan fingerprint density at radius 1 is 1.18 bits per heavy atom. The van der Waals surface area contributed by atoms with Crippen molar-refractivity contribution in [1.29, 1.82) is 0 Å². The predicted octanol–water partition coefficient (Wildman–Crippen LogP) is 4.64. The van der Waals surface area contributed by atoms with Crippen molar-refractivity contribution in [3.63, 3.8) is 0 Å². The summed E-state index contributed by atoms with van der Waals surface area (Å²) in [5.41, 5.74) is 15.2. The molecule has 118 valence electrons. The summed E-state index contributed by atoms with van der Waals surface area (Å²) < 4.78 is 0. The highest BCUT2D eigenvalue weighted by Gasteiger charge is 2.10. The zero-order chi connectivity index (χ0) is 16.9. The van der Waals surface area contributed by atoms with Crippen molar-refractivity contribution >= 4 is 28.8 Å². The van der Waals surface area contributed by atoms with Crippen molar-refractivity contribution in [2.45, 2.75) is 27.7 Å². The number of phenols is 1. The van der Waals surface area contributed by atoms with Gasteiger partial charge >= 0.3 is 0 Å². The molecule has 0 atom stereocenters. The highest BCUT2D eigenvalue weighted by Crippen LogP contribution is 2.36. The van der Waals surface area contributed by atoms with Gasteiger partial charge in [0.05, 0.1) is 17.2 Å². The van der Waals surface area contributed by atoms with Crippen LogP contribution in [0.5, 0.6) is 5.75 Å². The van der Waals surface area contributed by atoms with Gasteiger partial charge in [-0.05, 0) is 55.3 Å². The number of aryl methyl sites for hydroxylation is 1. The van der Waals surface area contributed by atoms with Crippen LogP contribution in [0.25, 0.3) is 11.1 Å².